The molecule has 3 aromatic rings. The fraction of sp³-hybridized carbons (Fsp3) is 0.333. The summed E-state index contributed by atoms with van der Waals surface area (Å²) in [6.45, 7) is 6.76. The number of carbonyl (C=O) groups is 1. The largest absolute Gasteiger partial charge is 0.493 e. The van der Waals surface area contributed by atoms with Crippen LogP contribution in [0.3, 0.4) is 0 Å². The molecule has 8 heteroatoms. The van der Waals surface area contributed by atoms with Crippen molar-refractivity contribution in [2.75, 3.05) is 13.7 Å². The lowest BCUT2D eigenvalue weighted by Crippen LogP contribution is -2.47. The summed E-state index contributed by atoms with van der Waals surface area (Å²) in [7, 11) is 1.60. The Morgan fingerprint density at radius 3 is 2.66 bits per heavy atom. The van der Waals surface area contributed by atoms with Gasteiger partial charge in [-0.3, -0.25) is 4.79 Å². The van der Waals surface area contributed by atoms with E-state index in [1.54, 1.807) is 18.2 Å². The number of hydrogen-bond donors (Lipinski definition) is 1. The van der Waals surface area contributed by atoms with Gasteiger partial charge in [0.15, 0.2) is 11.5 Å². The monoisotopic (exact) mass is 474 g/mol. The molecule has 1 N–H and O–H groups in total. The smallest absolute Gasteiger partial charge is 0.251 e. The van der Waals surface area contributed by atoms with Crippen molar-refractivity contribution in [3.63, 3.8) is 0 Å². The maximum absolute atomic E-state index is 13.3. The average Bonchev–Trinajstić information content (AvgIpc) is 3.46. The van der Waals surface area contributed by atoms with E-state index < -0.39 is 0 Å². The van der Waals surface area contributed by atoms with Crippen LogP contribution in [0.2, 0.25) is 0 Å². The summed E-state index contributed by atoms with van der Waals surface area (Å²) >= 11 is 0. The Morgan fingerprint density at radius 2 is 1.91 bits per heavy atom. The number of nitrogens with zero attached hydrogens (tertiary/aromatic N) is 3. The molecular formula is C27H30N4O4. The van der Waals surface area contributed by atoms with Crippen molar-refractivity contribution in [3.8, 4) is 23.0 Å². The van der Waals surface area contributed by atoms with Gasteiger partial charge in [-0.1, -0.05) is 29.8 Å². The van der Waals surface area contributed by atoms with Gasteiger partial charge in [0, 0.05) is 18.0 Å². The minimum atomic E-state index is -0.256. The van der Waals surface area contributed by atoms with Crippen LogP contribution < -0.4 is 14.9 Å². The molecule has 0 spiro atoms. The summed E-state index contributed by atoms with van der Waals surface area (Å²) in [6.07, 6.45) is 4.43. The van der Waals surface area contributed by atoms with Crippen LogP contribution >= 0.6 is 0 Å². The highest BCUT2D eigenvalue weighted by atomic mass is 16.5. The van der Waals surface area contributed by atoms with Gasteiger partial charge in [-0.05, 0) is 51.0 Å². The molecule has 2 aromatic carbocycles. The maximum Gasteiger partial charge on any atom is 0.251 e. The summed E-state index contributed by atoms with van der Waals surface area (Å²) in [6, 6.07) is 13.9. The van der Waals surface area contributed by atoms with E-state index in [4.69, 9.17) is 18.9 Å². The number of rotatable bonds is 7. The number of hydrazine groups is 1. The topological polar surface area (TPSA) is 80.1 Å². The predicted molar refractivity (Wildman–Crippen MR) is 131 cm³/mol. The zero-order chi connectivity index (χ0) is 24.5. The molecule has 8 nitrogen and oxygen atoms in total. The number of carbonyl (C=O) groups excluding carboxylic acids is 1. The minimum Gasteiger partial charge on any atom is -0.493 e. The predicted octanol–water partition coefficient (Wildman–Crippen LogP) is 4.50. The van der Waals surface area contributed by atoms with Crippen LogP contribution in [0, 0.1) is 13.8 Å². The van der Waals surface area contributed by atoms with Gasteiger partial charge in [0.05, 0.1) is 26.3 Å². The van der Waals surface area contributed by atoms with E-state index >= 15 is 0 Å². The molecule has 3 heterocycles. The van der Waals surface area contributed by atoms with Crippen molar-refractivity contribution < 1.29 is 18.7 Å². The molecule has 182 valence electrons. The molecule has 5 rings (SSSR count). The number of nitrogens with one attached hydrogen (secondary N) is 1. The molecule has 2 atom stereocenters. The SMILES string of the molecule is CCOc1ccc(-c2nc(CN3C=CN4NC(c5ccc(C)cc5)CC4C3=O)c(C)o2)cc1OC. The van der Waals surface area contributed by atoms with Gasteiger partial charge in [0.25, 0.3) is 5.91 Å². The second kappa shape index (κ2) is 9.46. The Bertz CT molecular complexity index is 1250. The van der Waals surface area contributed by atoms with Gasteiger partial charge in [-0.2, -0.15) is 0 Å². The Kier molecular flexibility index (Phi) is 6.21. The summed E-state index contributed by atoms with van der Waals surface area (Å²) in [5, 5.41) is 1.91. The number of oxazole rings is 1. The van der Waals surface area contributed by atoms with E-state index in [2.05, 4.69) is 36.6 Å². The van der Waals surface area contributed by atoms with Crippen molar-refractivity contribution in [2.24, 2.45) is 0 Å². The maximum atomic E-state index is 13.3. The first-order valence-corrected chi connectivity index (χ1v) is 11.8. The van der Waals surface area contributed by atoms with E-state index in [0.717, 1.165) is 11.3 Å². The highest BCUT2D eigenvalue weighted by Crippen LogP contribution is 2.34. The van der Waals surface area contributed by atoms with Gasteiger partial charge in [-0.25, -0.2) is 10.4 Å². The lowest BCUT2D eigenvalue weighted by atomic mass is 10.00. The number of fused-ring (bicyclic) bond motifs is 1. The van der Waals surface area contributed by atoms with Crippen LogP contribution in [-0.2, 0) is 11.3 Å². The quantitative estimate of drug-likeness (QED) is 0.540. The number of aromatic nitrogens is 1. The van der Waals surface area contributed by atoms with Crippen LogP contribution in [0.15, 0.2) is 59.3 Å². The Balaban J connectivity index is 1.31. The molecule has 35 heavy (non-hydrogen) atoms. The first-order valence-electron chi connectivity index (χ1n) is 11.8. The summed E-state index contributed by atoms with van der Waals surface area (Å²) < 4.78 is 17.0. The molecular weight excluding hydrogens is 444 g/mol. The minimum absolute atomic E-state index is 0.0429. The fourth-order valence-electron chi connectivity index (χ4n) is 4.52. The Morgan fingerprint density at radius 1 is 1.11 bits per heavy atom. The highest BCUT2D eigenvalue weighted by Gasteiger charge is 2.40. The zero-order valence-electron chi connectivity index (χ0n) is 20.4. The van der Waals surface area contributed by atoms with E-state index in [1.165, 1.54) is 11.1 Å². The van der Waals surface area contributed by atoms with Gasteiger partial charge in [-0.15, -0.1) is 0 Å². The summed E-state index contributed by atoms with van der Waals surface area (Å²) in [5.74, 6) is 2.49. The third-order valence-corrected chi connectivity index (χ3v) is 6.48. The van der Waals surface area contributed by atoms with Crippen molar-refractivity contribution in [3.05, 3.63) is 77.4 Å². The normalized spacial score (nSPS) is 19.3. The summed E-state index contributed by atoms with van der Waals surface area (Å²) in [4.78, 5) is 19.7. The van der Waals surface area contributed by atoms with Gasteiger partial charge in [0.1, 0.15) is 17.5 Å². The third kappa shape index (κ3) is 4.49. The van der Waals surface area contributed by atoms with Gasteiger partial charge in [0.2, 0.25) is 5.89 Å². The molecule has 1 aromatic heterocycles. The molecule has 1 saturated heterocycles. The van der Waals surface area contributed by atoms with Gasteiger partial charge < -0.3 is 23.8 Å². The highest BCUT2D eigenvalue weighted by molar-refractivity contribution is 5.84. The van der Waals surface area contributed by atoms with Crippen molar-refractivity contribution >= 4 is 5.91 Å². The molecule has 0 bridgehead atoms. The van der Waals surface area contributed by atoms with Crippen molar-refractivity contribution in [1.29, 1.82) is 0 Å². The van der Waals surface area contributed by atoms with Crippen LogP contribution in [0.4, 0.5) is 0 Å². The number of hydrogen-bond acceptors (Lipinski definition) is 7. The van der Waals surface area contributed by atoms with Gasteiger partial charge >= 0.3 is 0 Å². The first-order chi connectivity index (χ1) is 17.0. The Hall–Kier alpha value is -3.78. The lowest BCUT2D eigenvalue weighted by molar-refractivity contribution is -0.135. The van der Waals surface area contributed by atoms with Crippen LogP contribution in [0.5, 0.6) is 11.5 Å². The molecule has 1 fully saturated rings. The standard InChI is InChI=1S/C27H30N4O4/c1-5-34-24-11-10-20(14-25(24)33-4)26-28-22(18(3)35-26)16-30-12-13-31-23(27(30)32)15-21(29-31)19-8-6-17(2)7-9-19/h6-14,21,23,29H,5,15-16H2,1-4H3. The lowest BCUT2D eigenvalue weighted by Gasteiger charge is -2.31. The van der Waals surface area contributed by atoms with Crippen LogP contribution in [0.1, 0.15) is 42.0 Å². The first kappa shape index (κ1) is 23.0. The number of ether oxygens (including phenoxy) is 2. The van der Waals surface area contributed by atoms with E-state index in [-0.39, 0.29) is 18.0 Å². The second-order valence-corrected chi connectivity index (χ2v) is 8.84. The molecule has 0 aliphatic carbocycles. The van der Waals surface area contributed by atoms with Crippen LogP contribution in [0.25, 0.3) is 11.5 Å². The zero-order valence-corrected chi connectivity index (χ0v) is 20.4. The summed E-state index contributed by atoms with van der Waals surface area (Å²) in [5.41, 5.74) is 7.36. The molecule has 2 aliphatic rings. The molecule has 2 unspecified atom stereocenters. The van der Waals surface area contributed by atoms with Crippen molar-refractivity contribution in [2.45, 2.75) is 45.8 Å². The molecule has 1 amide bonds. The second-order valence-electron chi connectivity index (χ2n) is 8.84. The third-order valence-electron chi connectivity index (χ3n) is 6.48. The molecule has 0 saturated carbocycles. The number of amides is 1. The van der Waals surface area contributed by atoms with E-state index in [1.807, 2.05) is 43.3 Å². The molecule has 2 aliphatic heterocycles. The Labute approximate surface area is 205 Å². The number of benzene rings is 2. The molecule has 0 radical (unpaired) electrons. The van der Waals surface area contributed by atoms with E-state index in [9.17, 15) is 4.79 Å². The average molecular weight is 475 g/mol. The van der Waals surface area contributed by atoms with Crippen LogP contribution in [-0.4, -0.2) is 40.6 Å². The number of methoxy groups -OCH3 is 1. The fourth-order valence-corrected chi connectivity index (χ4v) is 4.52. The number of aryl methyl sites for hydroxylation is 2. The van der Waals surface area contributed by atoms with E-state index in [0.29, 0.717) is 42.7 Å². The van der Waals surface area contributed by atoms with Crippen molar-refractivity contribution in [1.82, 2.24) is 20.3 Å².